The predicted octanol–water partition coefficient (Wildman–Crippen LogP) is 1.89. The fourth-order valence-electron chi connectivity index (χ4n) is 2.41. The highest BCUT2D eigenvalue weighted by Crippen LogP contribution is 2.28. The van der Waals surface area contributed by atoms with Crippen molar-refractivity contribution in [3.8, 4) is 0 Å². The van der Waals surface area contributed by atoms with Crippen molar-refractivity contribution in [3.05, 3.63) is 18.2 Å². The van der Waals surface area contributed by atoms with Gasteiger partial charge in [-0.05, 0) is 31.6 Å². The molecule has 0 atom stereocenters. The van der Waals surface area contributed by atoms with Gasteiger partial charge in [0.2, 0.25) is 5.91 Å². The number of amides is 1. The van der Waals surface area contributed by atoms with Crippen molar-refractivity contribution in [2.24, 2.45) is 11.8 Å². The molecule has 17 heavy (non-hydrogen) atoms. The quantitative estimate of drug-likeness (QED) is 0.837. The van der Waals surface area contributed by atoms with Crippen molar-refractivity contribution in [2.45, 2.75) is 39.0 Å². The summed E-state index contributed by atoms with van der Waals surface area (Å²) in [6.07, 6.45) is 8.79. The van der Waals surface area contributed by atoms with E-state index in [-0.39, 0.29) is 11.8 Å². The molecule has 1 saturated carbocycles. The molecule has 0 saturated heterocycles. The minimum Gasteiger partial charge on any atom is -0.355 e. The summed E-state index contributed by atoms with van der Waals surface area (Å²) >= 11 is 0. The lowest BCUT2D eigenvalue weighted by Crippen LogP contribution is -2.34. The first-order chi connectivity index (χ1) is 8.25. The van der Waals surface area contributed by atoms with Gasteiger partial charge in [0.05, 0.1) is 6.33 Å². The van der Waals surface area contributed by atoms with Gasteiger partial charge in [0, 0.05) is 30.8 Å². The van der Waals surface area contributed by atoms with Crippen LogP contribution >= 0.6 is 0 Å². The fraction of sp³-hybridized carbons (Fsp3) is 0.692. The number of carbonyl (C=O) groups is 1. The zero-order chi connectivity index (χ0) is 12.1. The van der Waals surface area contributed by atoms with Crippen LogP contribution in [0.5, 0.6) is 0 Å². The third kappa shape index (κ3) is 3.58. The van der Waals surface area contributed by atoms with Crippen LogP contribution in [0.1, 0.15) is 38.3 Å². The summed E-state index contributed by atoms with van der Waals surface area (Å²) in [5.41, 5.74) is 1.07. The minimum absolute atomic E-state index is 0.233. The summed E-state index contributed by atoms with van der Waals surface area (Å²) in [4.78, 5) is 18.9. The first-order valence-corrected chi connectivity index (χ1v) is 6.50. The van der Waals surface area contributed by atoms with Gasteiger partial charge in [0.25, 0.3) is 0 Å². The lowest BCUT2D eigenvalue weighted by atomic mass is 9.82. The molecule has 0 aromatic carbocycles. The van der Waals surface area contributed by atoms with E-state index in [0.717, 1.165) is 30.9 Å². The molecule has 1 aromatic rings. The Morgan fingerprint density at radius 3 is 2.88 bits per heavy atom. The molecule has 1 fully saturated rings. The first-order valence-electron chi connectivity index (χ1n) is 6.50. The van der Waals surface area contributed by atoms with Gasteiger partial charge in [-0.15, -0.1) is 0 Å². The Morgan fingerprint density at radius 2 is 2.24 bits per heavy atom. The molecule has 0 unspecified atom stereocenters. The number of aromatic amines is 1. The Balaban J connectivity index is 1.67. The minimum atomic E-state index is 0.233. The summed E-state index contributed by atoms with van der Waals surface area (Å²) in [5.74, 6) is 1.27. The maximum Gasteiger partial charge on any atom is 0.223 e. The van der Waals surface area contributed by atoms with Gasteiger partial charge in [0.1, 0.15) is 0 Å². The maximum atomic E-state index is 11.9. The Hall–Kier alpha value is -1.32. The Bertz CT molecular complexity index is 340. The van der Waals surface area contributed by atoms with E-state index in [4.69, 9.17) is 0 Å². The molecule has 1 heterocycles. The van der Waals surface area contributed by atoms with E-state index in [1.165, 1.54) is 12.8 Å². The number of aromatic nitrogens is 2. The van der Waals surface area contributed by atoms with Crippen LogP contribution in [0.2, 0.25) is 0 Å². The smallest absolute Gasteiger partial charge is 0.223 e. The molecule has 1 aliphatic carbocycles. The zero-order valence-electron chi connectivity index (χ0n) is 10.4. The molecule has 0 bridgehead atoms. The lowest BCUT2D eigenvalue weighted by molar-refractivity contribution is -0.126. The third-order valence-corrected chi connectivity index (χ3v) is 3.64. The van der Waals surface area contributed by atoms with Crippen molar-refractivity contribution in [2.75, 3.05) is 6.54 Å². The lowest BCUT2D eigenvalue weighted by Gasteiger charge is -2.25. The highest BCUT2D eigenvalue weighted by molar-refractivity contribution is 5.78. The van der Waals surface area contributed by atoms with Crippen LogP contribution in [0.25, 0.3) is 0 Å². The molecule has 0 aliphatic heterocycles. The average molecular weight is 235 g/mol. The predicted molar refractivity (Wildman–Crippen MR) is 66.4 cm³/mol. The standard InChI is InChI=1S/C13H21N3O/c1-10-2-4-11(5-3-10)13(17)15-7-6-12-8-14-9-16-12/h8-11H,2-7H2,1H3,(H,14,16)(H,15,17). The van der Waals surface area contributed by atoms with Crippen LogP contribution in [-0.4, -0.2) is 22.4 Å². The number of H-pyrrole nitrogens is 1. The van der Waals surface area contributed by atoms with Gasteiger partial charge in [0.15, 0.2) is 0 Å². The van der Waals surface area contributed by atoms with Gasteiger partial charge < -0.3 is 10.3 Å². The second-order valence-electron chi connectivity index (χ2n) is 5.07. The molecule has 1 aromatic heterocycles. The number of nitrogens with one attached hydrogen (secondary N) is 2. The van der Waals surface area contributed by atoms with Gasteiger partial charge in [-0.25, -0.2) is 4.98 Å². The summed E-state index contributed by atoms with van der Waals surface area (Å²) in [6, 6.07) is 0. The second-order valence-corrected chi connectivity index (χ2v) is 5.07. The van der Waals surface area contributed by atoms with Crippen molar-refractivity contribution >= 4 is 5.91 Å². The third-order valence-electron chi connectivity index (χ3n) is 3.64. The van der Waals surface area contributed by atoms with Crippen molar-refractivity contribution in [1.29, 1.82) is 0 Å². The number of rotatable bonds is 4. The monoisotopic (exact) mass is 235 g/mol. The average Bonchev–Trinajstić information content (AvgIpc) is 2.83. The molecule has 0 radical (unpaired) electrons. The van der Waals surface area contributed by atoms with E-state index in [1.54, 1.807) is 12.5 Å². The van der Waals surface area contributed by atoms with Crippen molar-refractivity contribution < 1.29 is 4.79 Å². The summed E-state index contributed by atoms with van der Waals surface area (Å²) in [7, 11) is 0. The zero-order valence-corrected chi connectivity index (χ0v) is 10.4. The van der Waals surface area contributed by atoms with E-state index in [9.17, 15) is 4.79 Å². The molecule has 2 rings (SSSR count). The molecule has 1 amide bonds. The topological polar surface area (TPSA) is 57.8 Å². The molecule has 0 spiro atoms. The largest absolute Gasteiger partial charge is 0.355 e. The van der Waals surface area contributed by atoms with Crippen LogP contribution in [0.3, 0.4) is 0 Å². The highest BCUT2D eigenvalue weighted by Gasteiger charge is 2.23. The van der Waals surface area contributed by atoms with Gasteiger partial charge in [-0.1, -0.05) is 6.92 Å². The van der Waals surface area contributed by atoms with Crippen LogP contribution in [0.15, 0.2) is 12.5 Å². The Kier molecular flexibility index (Phi) is 4.18. The van der Waals surface area contributed by atoms with E-state index < -0.39 is 0 Å². The molecular weight excluding hydrogens is 214 g/mol. The van der Waals surface area contributed by atoms with Crippen LogP contribution in [0, 0.1) is 11.8 Å². The number of hydrogen-bond donors (Lipinski definition) is 2. The van der Waals surface area contributed by atoms with E-state index in [1.807, 2.05) is 0 Å². The van der Waals surface area contributed by atoms with E-state index >= 15 is 0 Å². The van der Waals surface area contributed by atoms with Crippen LogP contribution < -0.4 is 5.32 Å². The normalized spacial score (nSPS) is 24.5. The number of hydrogen-bond acceptors (Lipinski definition) is 2. The molecule has 94 valence electrons. The second kappa shape index (κ2) is 5.84. The van der Waals surface area contributed by atoms with Gasteiger partial charge in [-0.2, -0.15) is 0 Å². The van der Waals surface area contributed by atoms with E-state index in [0.29, 0.717) is 6.54 Å². The fourth-order valence-corrected chi connectivity index (χ4v) is 2.41. The van der Waals surface area contributed by atoms with Crippen LogP contribution in [0.4, 0.5) is 0 Å². The summed E-state index contributed by atoms with van der Waals surface area (Å²) in [5, 5.41) is 3.02. The van der Waals surface area contributed by atoms with Crippen molar-refractivity contribution in [3.63, 3.8) is 0 Å². The number of carbonyl (C=O) groups excluding carboxylic acids is 1. The molecular formula is C13H21N3O. The first kappa shape index (κ1) is 12.1. The molecule has 1 aliphatic rings. The summed E-state index contributed by atoms with van der Waals surface area (Å²) < 4.78 is 0. The van der Waals surface area contributed by atoms with Crippen molar-refractivity contribution in [1.82, 2.24) is 15.3 Å². The molecule has 4 heteroatoms. The summed E-state index contributed by atoms with van der Waals surface area (Å²) in [6.45, 7) is 2.97. The number of nitrogens with zero attached hydrogens (tertiary/aromatic N) is 1. The SMILES string of the molecule is CC1CCC(C(=O)NCCc2cnc[nH]2)CC1. The van der Waals surface area contributed by atoms with Gasteiger partial charge in [-0.3, -0.25) is 4.79 Å². The Morgan fingerprint density at radius 1 is 1.47 bits per heavy atom. The highest BCUT2D eigenvalue weighted by atomic mass is 16.1. The maximum absolute atomic E-state index is 11.9. The molecule has 2 N–H and O–H groups in total. The Labute approximate surface area is 102 Å². The van der Waals surface area contributed by atoms with Gasteiger partial charge >= 0.3 is 0 Å². The van der Waals surface area contributed by atoms with Crippen LogP contribution in [-0.2, 0) is 11.2 Å². The number of imidazole rings is 1. The van der Waals surface area contributed by atoms with E-state index in [2.05, 4.69) is 22.2 Å². The molecule has 4 nitrogen and oxygen atoms in total.